The van der Waals surface area contributed by atoms with Crippen molar-refractivity contribution in [1.29, 1.82) is 0 Å². The van der Waals surface area contributed by atoms with Gasteiger partial charge in [0.15, 0.2) is 0 Å². The van der Waals surface area contributed by atoms with E-state index in [1.165, 1.54) is 0 Å². The van der Waals surface area contributed by atoms with Gasteiger partial charge < -0.3 is 5.11 Å². The van der Waals surface area contributed by atoms with Gasteiger partial charge >= 0.3 is 5.97 Å². The van der Waals surface area contributed by atoms with E-state index in [9.17, 15) is 4.79 Å². The average Bonchev–Trinajstić information content (AvgIpc) is 2.49. The lowest BCUT2D eigenvalue weighted by Gasteiger charge is -1.99. The maximum Gasteiger partial charge on any atom is 0.307 e. The van der Waals surface area contributed by atoms with E-state index >= 15 is 0 Å². The van der Waals surface area contributed by atoms with Gasteiger partial charge in [0.2, 0.25) is 0 Å². The van der Waals surface area contributed by atoms with Gasteiger partial charge in [0, 0.05) is 12.4 Å². The number of hydrogen-bond donors (Lipinski definition) is 1. The summed E-state index contributed by atoms with van der Waals surface area (Å²) in [5, 5.41) is 13.7. The zero-order valence-corrected chi connectivity index (χ0v) is 7.77. The fourth-order valence-electron chi connectivity index (χ4n) is 1.55. The highest BCUT2D eigenvalue weighted by Crippen LogP contribution is 2.17. The van der Waals surface area contributed by atoms with E-state index < -0.39 is 5.97 Å². The number of aryl methyl sites for hydroxylation is 1. The van der Waals surface area contributed by atoms with Crippen LogP contribution in [-0.4, -0.2) is 20.9 Å². The van der Waals surface area contributed by atoms with E-state index in [2.05, 4.69) is 5.10 Å². The number of fused-ring (bicyclic) bond motifs is 1. The van der Waals surface area contributed by atoms with Crippen molar-refractivity contribution in [3.05, 3.63) is 30.0 Å². The van der Waals surface area contributed by atoms with Crippen LogP contribution in [0.3, 0.4) is 0 Å². The second-order valence-corrected chi connectivity index (χ2v) is 3.19. The van der Waals surface area contributed by atoms with E-state index in [-0.39, 0.29) is 6.42 Å². The Morgan fingerprint density at radius 3 is 3.07 bits per heavy atom. The molecule has 0 saturated carbocycles. The largest absolute Gasteiger partial charge is 0.481 e. The molecule has 4 nitrogen and oxygen atoms in total. The van der Waals surface area contributed by atoms with Gasteiger partial charge in [0.1, 0.15) is 0 Å². The maximum atomic E-state index is 10.6. The third kappa shape index (κ3) is 1.35. The van der Waals surface area contributed by atoms with E-state index in [4.69, 9.17) is 5.11 Å². The first kappa shape index (κ1) is 8.74. The summed E-state index contributed by atoms with van der Waals surface area (Å²) in [5.74, 6) is -0.818. The molecule has 0 aliphatic heterocycles. The minimum atomic E-state index is -0.818. The predicted molar refractivity (Wildman–Crippen MR) is 52.1 cm³/mol. The highest BCUT2D eigenvalue weighted by molar-refractivity contribution is 5.86. The molecule has 14 heavy (non-hydrogen) atoms. The second-order valence-electron chi connectivity index (χ2n) is 3.19. The summed E-state index contributed by atoms with van der Waals surface area (Å²) in [7, 11) is 1.84. The van der Waals surface area contributed by atoms with Crippen molar-refractivity contribution in [2.24, 2.45) is 7.05 Å². The first-order chi connectivity index (χ1) is 6.68. The van der Waals surface area contributed by atoms with Gasteiger partial charge in [-0.05, 0) is 11.6 Å². The molecule has 0 saturated heterocycles. The fraction of sp³-hybridized carbons (Fsp3) is 0.200. The van der Waals surface area contributed by atoms with Crippen LogP contribution in [0.2, 0.25) is 0 Å². The van der Waals surface area contributed by atoms with E-state index in [1.807, 2.05) is 25.2 Å². The Morgan fingerprint density at radius 1 is 1.57 bits per heavy atom. The Morgan fingerprint density at radius 2 is 2.36 bits per heavy atom. The smallest absolute Gasteiger partial charge is 0.307 e. The quantitative estimate of drug-likeness (QED) is 0.774. The van der Waals surface area contributed by atoms with Gasteiger partial charge in [-0.15, -0.1) is 0 Å². The van der Waals surface area contributed by atoms with Gasteiger partial charge in [0.05, 0.1) is 18.1 Å². The number of carbonyl (C=O) groups is 1. The van der Waals surface area contributed by atoms with Crippen LogP contribution in [0, 0.1) is 0 Å². The average molecular weight is 190 g/mol. The van der Waals surface area contributed by atoms with Crippen LogP contribution in [0.25, 0.3) is 10.9 Å². The summed E-state index contributed by atoms with van der Waals surface area (Å²) >= 11 is 0. The predicted octanol–water partition coefficient (Wildman–Crippen LogP) is 1.20. The summed E-state index contributed by atoms with van der Waals surface area (Å²) in [6, 6.07) is 5.59. The van der Waals surface area contributed by atoms with Crippen LogP contribution in [0.1, 0.15) is 5.56 Å². The maximum absolute atomic E-state index is 10.6. The van der Waals surface area contributed by atoms with Crippen molar-refractivity contribution in [2.75, 3.05) is 0 Å². The van der Waals surface area contributed by atoms with Gasteiger partial charge in [-0.1, -0.05) is 12.1 Å². The first-order valence-electron chi connectivity index (χ1n) is 4.30. The lowest BCUT2D eigenvalue weighted by molar-refractivity contribution is -0.136. The number of aliphatic carboxylic acids is 1. The van der Waals surface area contributed by atoms with Gasteiger partial charge in [-0.25, -0.2) is 0 Å². The molecule has 0 aliphatic rings. The normalized spacial score (nSPS) is 10.6. The van der Waals surface area contributed by atoms with E-state index in [0.29, 0.717) is 0 Å². The van der Waals surface area contributed by atoms with Crippen molar-refractivity contribution < 1.29 is 9.90 Å². The molecule has 0 bridgehead atoms. The molecule has 4 heteroatoms. The Labute approximate surface area is 80.8 Å². The second kappa shape index (κ2) is 3.14. The number of aromatic nitrogens is 2. The Hall–Kier alpha value is -1.84. The molecule has 0 unspecified atom stereocenters. The van der Waals surface area contributed by atoms with Crippen LogP contribution in [0.15, 0.2) is 24.4 Å². The Bertz CT molecular complexity index is 488. The van der Waals surface area contributed by atoms with Gasteiger partial charge in [-0.2, -0.15) is 5.10 Å². The molecule has 2 rings (SSSR count). The molecule has 0 amide bonds. The summed E-state index contributed by atoms with van der Waals surface area (Å²) in [6.07, 6.45) is 1.75. The Kier molecular flexibility index (Phi) is 1.96. The monoisotopic (exact) mass is 190 g/mol. The van der Waals surface area contributed by atoms with Crippen molar-refractivity contribution in [3.8, 4) is 0 Å². The van der Waals surface area contributed by atoms with Crippen molar-refractivity contribution in [2.45, 2.75) is 6.42 Å². The summed E-state index contributed by atoms with van der Waals surface area (Å²) in [5.41, 5.74) is 1.77. The van der Waals surface area contributed by atoms with Crippen LogP contribution in [-0.2, 0) is 18.3 Å². The van der Waals surface area contributed by atoms with Gasteiger partial charge in [0.25, 0.3) is 0 Å². The summed E-state index contributed by atoms with van der Waals surface area (Å²) in [4.78, 5) is 10.6. The number of carboxylic acid groups (broad SMARTS) is 1. The molecule has 0 spiro atoms. The van der Waals surface area contributed by atoms with Crippen LogP contribution in [0.4, 0.5) is 0 Å². The molecule has 1 aromatic carbocycles. The van der Waals surface area contributed by atoms with Crippen LogP contribution < -0.4 is 0 Å². The molecule has 1 aromatic heterocycles. The minimum Gasteiger partial charge on any atom is -0.481 e. The summed E-state index contributed by atoms with van der Waals surface area (Å²) < 4.78 is 1.74. The number of nitrogens with zero attached hydrogens (tertiary/aromatic N) is 2. The van der Waals surface area contributed by atoms with Crippen LogP contribution in [0.5, 0.6) is 0 Å². The molecule has 1 N–H and O–H groups in total. The number of hydrogen-bond acceptors (Lipinski definition) is 2. The molecule has 0 radical (unpaired) electrons. The summed E-state index contributed by atoms with van der Waals surface area (Å²) in [6.45, 7) is 0. The molecule has 0 fully saturated rings. The SMILES string of the molecule is Cn1ncc2c(CC(=O)O)cccc21. The number of benzene rings is 1. The lowest BCUT2D eigenvalue weighted by atomic mass is 10.1. The van der Waals surface area contributed by atoms with Gasteiger partial charge in [-0.3, -0.25) is 9.48 Å². The Balaban J connectivity index is 2.59. The molecular weight excluding hydrogens is 180 g/mol. The highest BCUT2D eigenvalue weighted by atomic mass is 16.4. The molecule has 0 aliphatic carbocycles. The van der Waals surface area contributed by atoms with Crippen molar-refractivity contribution in [1.82, 2.24) is 9.78 Å². The standard InChI is InChI=1S/C10H10N2O2/c1-12-9-4-2-3-7(5-10(13)14)8(9)6-11-12/h2-4,6H,5H2,1H3,(H,13,14). The van der Waals surface area contributed by atoms with E-state index in [0.717, 1.165) is 16.5 Å². The molecule has 1 heterocycles. The van der Waals surface area contributed by atoms with Crippen LogP contribution >= 0.6 is 0 Å². The third-order valence-electron chi connectivity index (χ3n) is 2.22. The first-order valence-corrected chi connectivity index (χ1v) is 4.30. The zero-order valence-electron chi connectivity index (χ0n) is 7.77. The minimum absolute atomic E-state index is 0.0447. The molecule has 72 valence electrons. The molecular formula is C10H10N2O2. The highest BCUT2D eigenvalue weighted by Gasteiger charge is 2.07. The topological polar surface area (TPSA) is 55.1 Å². The molecule has 2 aromatic rings. The zero-order chi connectivity index (χ0) is 10.1. The third-order valence-corrected chi connectivity index (χ3v) is 2.22. The number of rotatable bonds is 2. The lowest BCUT2D eigenvalue weighted by Crippen LogP contribution is -2.00. The van der Waals surface area contributed by atoms with Crippen molar-refractivity contribution >= 4 is 16.9 Å². The molecule has 0 atom stereocenters. The van der Waals surface area contributed by atoms with E-state index in [1.54, 1.807) is 10.9 Å². The van der Waals surface area contributed by atoms with Crippen molar-refractivity contribution in [3.63, 3.8) is 0 Å². The number of carboxylic acids is 1. The fourth-order valence-corrected chi connectivity index (χ4v) is 1.55.